The topological polar surface area (TPSA) is 30.8 Å². The Hall–Kier alpha value is -0.770. The van der Waals surface area contributed by atoms with E-state index in [9.17, 15) is 0 Å². The summed E-state index contributed by atoms with van der Waals surface area (Å²) in [7, 11) is 3.23. The van der Waals surface area contributed by atoms with Crippen molar-refractivity contribution < 1.29 is 9.57 Å². The molecule has 0 saturated heterocycles. The molecule has 0 aliphatic heterocycles. The highest BCUT2D eigenvalue weighted by Gasteiger charge is 2.07. The smallest absolute Gasteiger partial charge is 0.106 e. The summed E-state index contributed by atoms with van der Waals surface area (Å²) in [5, 5.41) is 5.10. The molecule has 0 bridgehead atoms. The minimum atomic E-state index is 0.523. The third-order valence-corrected chi connectivity index (χ3v) is 3.21. The number of unbranched alkanes of at least 4 members (excludes halogenated alkanes) is 1. The van der Waals surface area contributed by atoms with Crippen molar-refractivity contribution in [3.8, 4) is 0 Å². The summed E-state index contributed by atoms with van der Waals surface area (Å²) in [5.74, 6) is 0. The van der Waals surface area contributed by atoms with E-state index in [1.165, 1.54) is 7.11 Å². The van der Waals surface area contributed by atoms with Gasteiger partial charge < -0.3 is 9.57 Å². The monoisotopic (exact) mass is 289 g/mol. The molecule has 0 amide bonds. The van der Waals surface area contributed by atoms with E-state index in [1.54, 1.807) is 19.2 Å². The van der Waals surface area contributed by atoms with Gasteiger partial charge in [-0.1, -0.05) is 34.4 Å². The normalized spacial score (nSPS) is 11.7. The van der Waals surface area contributed by atoms with E-state index in [-0.39, 0.29) is 0 Å². The van der Waals surface area contributed by atoms with Crippen molar-refractivity contribution in [3.63, 3.8) is 0 Å². The number of rotatable bonds is 7. The van der Waals surface area contributed by atoms with Crippen molar-refractivity contribution in [1.29, 1.82) is 0 Å². The lowest BCUT2D eigenvalue weighted by Gasteiger charge is -2.07. The lowest BCUT2D eigenvalue weighted by Crippen LogP contribution is -2.03. The van der Waals surface area contributed by atoms with Crippen molar-refractivity contribution in [3.05, 3.63) is 33.8 Å². The van der Waals surface area contributed by atoms with Crippen LogP contribution in [0.15, 0.2) is 23.4 Å². The number of hydrogen-bond donors (Lipinski definition) is 0. The minimum Gasteiger partial charge on any atom is -0.399 e. The Bertz CT molecular complexity index is 408. The molecule has 3 nitrogen and oxygen atoms in total. The highest BCUT2D eigenvalue weighted by molar-refractivity contribution is 6.42. The van der Waals surface area contributed by atoms with Crippen LogP contribution in [-0.2, 0) is 9.57 Å². The fourth-order valence-electron chi connectivity index (χ4n) is 1.57. The van der Waals surface area contributed by atoms with E-state index in [1.807, 2.05) is 6.07 Å². The Morgan fingerprint density at radius 3 is 2.56 bits per heavy atom. The summed E-state index contributed by atoms with van der Waals surface area (Å²) in [6, 6.07) is 5.46. The van der Waals surface area contributed by atoms with Crippen molar-refractivity contribution in [2.45, 2.75) is 19.3 Å². The first-order valence-corrected chi connectivity index (χ1v) is 6.49. The number of hydrogen-bond acceptors (Lipinski definition) is 3. The second-order valence-corrected chi connectivity index (χ2v) is 4.61. The van der Waals surface area contributed by atoms with Crippen LogP contribution in [0.5, 0.6) is 0 Å². The van der Waals surface area contributed by atoms with Crippen molar-refractivity contribution >= 4 is 28.9 Å². The molecule has 0 aliphatic carbocycles. The van der Waals surface area contributed by atoms with Gasteiger partial charge >= 0.3 is 0 Å². The zero-order valence-electron chi connectivity index (χ0n) is 10.6. The van der Waals surface area contributed by atoms with Gasteiger partial charge in [0.05, 0.1) is 15.8 Å². The van der Waals surface area contributed by atoms with E-state index >= 15 is 0 Å². The van der Waals surface area contributed by atoms with E-state index in [0.717, 1.165) is 37.1 Å². The number of benzene rings is 1. The first-order valence-electron chi connectivity index (χ1n) is 5.73. The van der Waals surface area contributed by atoms with Crippen molar-refractivity contribution in [2.24, 2.45) is 5.16 Å². The fourth-order valence-corrected chi connectivity index (χ4v) is 1.87. The second-order valence-electron chi connectivity index (χ2n) is 3.80. The van der Waals surface area contributed by atoms with Gasteiger partial charge in [-0.25, -0.2) is 0 Å². The highest BCUT2D eigenvalue weighted by Crippen LogP contribution is 2.23. The predicted molar refractivity (Wildman–Crippen MR) is 75.7 cm³/mol. The maximum absolute atomic E-state index is 5.99. The molecule has 0 saturated carbocycles. The molecule has 1 rings (SSSR count). The molecule has 100 valence electrons. The van der Waals surface area contributed by atoms with Gasteiger partial charge in [0.2, 0.25) is 0 Å². The number of halogens is 2. The van der Waals surface area contributed by atoms with Crippen LogP contribution in [-0.4, -0.2) is 26.5 Å². The third-order valence-electron chi connectivity index (χ3n) is 2.47. The molecule has 0 spiro atoms. The summed E-state index contributed by atoms with van der Waals surface area (Å²) >= 11 is 11.9. The van der Waals surface area contributed by atoms with Crippen LogP contribution in [0.2, 0.25) is 10.0 Å². The van der Waals surface area contributed by atoms with Gasteiger partial charge in [0.25, 0.3) is 0 Å². The van der Waals surface area contributed by atoms with Crippen LogP contribution in [0.1, 0.15) is 24.8 Å². The Morgan fingerprint density at radius 1 is 1.17 bits per heavy atom. The average Bonchev–Trinajstić information content (AvgIpc) is 2.37. The number of ether oxygens (including phenoxy) is 1. The predicted octanol–water partition coefficient (Wildman–Crippen LogP) is 4.16. The molecular formula is C13H17Cl2NO2. The molecule has 0 heterocycles. The van der Waals surface area contributed by atoms with Gasteiger partial charge in [-0.2, -0.15) is 0 Å². The van der Waals surface area contributed by atoms with Gasteiger partial charge in [0, 0.05) is 19.3 Å². The van der Waals surface area contributed by atoms with Gasteiger partial charge in [0.1, 0.15) is 7.11 Å². The van der Waals surface area contributed by atoms with Crippen LogP contribution in [0.3, 0.4) is 0 Å². The largest absolute Gasteiger partial charge is 0.399 e. The zero-order valence-corrected chi connectivity index (χ0v) is 12.1. The van der Waals surface area contributed by atoms with Crippen LogP contribution in [0.25, 0.3) is 0 Å². The molecule has 1 aromatic carbocycles. The Morgan fingerprint density at radius 2 is 1.94 bits per heavy atom. The minimum absolute atomic E-state index is 0.523. The SMILES string of the molecule is COCCCC/C(=N/OC)c1ccc(Cl)c(Cl)c1. The summed E-state index contributed by atoms with van der Waals surface area (Å²) in [6.45, 7) is 0.752. The molecule has 0 N–H and O–H groups in total. The Balaban J connectivity index is 2.72. The molecule has 0 aromatic heterocycles. The van der Waals surface area contributed by atoms with E-state index < -0.39 is 0 Å². The quantitative estimate of drug-likeness (QED) is 0.429. The van der Waals surface area contributed by atoms with Gasteiger partial charge in [0.15, 0.2) is 0 Å². The third kappa shape index (κ3) is 4.84. The van der Waals surface area contributed by atoms with Crippen LogP contribution >= 0.6 is 23.2 Å². The standard InChI is InChI=1S/C13H17Cl2NO2/c1-17-8-4-3-5-13(16-18-2)10-6-7-11(14)12(15)9-10/h6-7,9H,3-5,8H2,1-2H3/b16-13-. The van der Waals surface area contributed by atoms with Crippen molar-refractivity contribution in [1.82, 2.24) is 0 Å². The fraction of sp³-hybridized carbons (Fsp3) is 0.462. The average molecular weight is 290 g/mol. The number of oxime groups is 1. The molecule has 5 heteroatoms. The summed E-state index contributed by atoms with van der Waals surface area (Å²) < 4.78 is 5.01. The molecule has 18 heavy (non-hydrogen) atoms. The van der Waals surface area contributed by atoms with Crippen LogP contribution in [0, 0.1) is 0 Å². The first kappa shape index (κ1) is 15.3. The molecule has 0 unspecified atom stereocenters. The number of nitrogens with zero attached hydrogens (tertiary/aromatic N) is 1. The molecular weight excluding hydrogens is 273 g/mol. The Labute approximate surface area is 118 Å². The molecule has 0 atom stereocenters. The maximum atomic E-state index is 5.99. The van der Waals surface area contributed by atoms with Crippen LogP contribution in [0.4, 0.5) is 0 Å². The molecule has 0 fully saturated rings. The van der Waals surface area contributed by atoms with Gasteiger partial charge in [-0.15, -0.1) is 0 Å². The van der Waals surface area contributed by atoms with Crippen molar-refractivity contribution in [2.75, 3.05) is 20.8 Å². The Kier molecular flexibility index (Phi) is 7.09. The zero-order chi connectivity index (χ0) is 13.4. The van der Waals surface area contributed by atoms with E-state index in [0.29, 0.717) is 10.0 Å². The lowest BCUT2D eigenvalue weighted by molar-refractivity contribution is 0.192. The van der Waals surface area contributed by atoms with Gasteiger partial charge in [-0.3, -0.25) is 0 Å². The molecule has 1 aromatic rings. The summed E-state index contributed by atoms with van der Waals surface area (Å²) in [4.78, 5) is 4.87. The van der Waals surface area contributed by atoms with Crippen LogP contribution < -0.4 is 0 Å². The van der Waals surface area contributed by atoms with E-state index in [4.69, 9.17) is 32.8 Å². The summed E-state index contributed by atoms with van der Waals surface area (Å²) in [5.41, 5.74) is 1.80. The molecule has 0 aliphatic rings. The van der Waals surface area contributed by atoms with E-state index in [2.05, 4.69) is 5.16 Å². The number of methoxy groups -OCH3 is 1. The second kappa shape index (κ2) is 8.35. The highest BCUT2D eigenvalue weighted by atomic mass is 35.5. The molecule has 0 radical (unpaired) electrons. The van der Waals surface area contributed by atoms with Gasteiger partial charge in [-0.05, 0) is 31.4 Å². The summed E-state index contributed by atoms with van der Waals surface area (Å²) in [6.07, 6.45) is 2.78. The lowest BCUT2D eigenvalue weighted by atomic mass is 10.0. The first-order chi connectivity index (χ1) is 8.69. The maximum Gasteiger partial charge on any atom is 0.106 e.